The molecule has 0 heterocycles. The highest BCUT2D eigenvalue weighted by Crippen LogP contribution is 2.26. The van der Waals surface area contributed by atoms with Crippen LogP contribution in [0.4, 0.5) is 4.39 Å². The van der Waals surface area contributed by atoms with E-state index >= 15 is 0 Å². The third-order valence-electron chi connectivity index (χ3n) is 2.49. The summed E-state index contributed by atoms with van der Waals surface area (Å²) in [6.07, 6.45) is 1.88. The van der Waals surface area contributed by atoms with Gasteiger partial charge in [0, 0.05) is 5.56 Å². The molecule has 0 saturated carbocycles. The van der Waals surface area contributed by atoms with E-state index in [-0.39, 0.29) is 11.6 Å². The van der Waals surface area contributed by atoms with Crippen molar-refractivity contribution < 1.29 is 9.18 Å². The zero-order valence-corrected chi connectivity index (χ0v) is 10.2. The average Bonchev–Trinajstić information content (AvgIpc) is 2.21. The molecule has 1 rings (SSSR count). The Kier molecular flexibility index (Phi) is 3.55. The van der Waals surface area contributed by atoms with Crippen LogP contribution in [0.5, 0.6) is 0 Å². The molecular formula is C12H15FOS. The molecule has 0 N–H and O–H groups in total. The predicted molar refractivity (Wildman–Crippen MR) is 63.1 cm³/mol. The summed E-state index contributed by atoms with van der Waals surface area (Å²) in [5, 5.41) is 0. The number of carbonyl (C=O) groups excluding carboxylic acids is 1. The summed E-state index contributed by atoms with van der Waals surface area (Å²) in [7, 11) is 0. The van der Waals surface area contributed by atoms with Crippen molar-refractivity contribution in [3.63, 3.8) is 0 Å². The summed E-state index contributed by atoms with van der Waals surface area (Å²) >= 11 is 1.47. The first-order valence-corrected chi connectivity index (χ1v) is 5.97. The van der Waals surface area contributed by atoms with Crippen LogP contribution in [0.2, 0.25) is 0 Å². The van der Waals surface area contributed by atoms with Crippen LogP contribution >= 0.6 is 11.8 Å². The monoisotopic (exact) mass is 226 g/mol. The van der Waals surface area contributed by atoms with E-state index in [1.54, 1.807) is 19.1 Å². The zero-order chi connectivity index (χ0) is 11.6. The lowest BCUT2D eigenvalue weighted by Crippen LogP contribution is -2.27. The van der Waals surface area contributed by atoms with Crippen molar-refractivity contribution in [2.75, 3.05) is 6.26 Å². The first-order valence-electron chi connectivity index (χ1n) is 4.74. The van der Waals surface area contributed by atoms with Crippen molar-refractivity contribution in [1.29, 1.82) is 0 Å². The van der Waals surface area contributed by atoms with Crippen LogP contribution in [0.3, 0.4) is 0 Å². The fourth-order valence-electron chi connectivity index (χ4n) is 1.17. The van der Waals surface area contributed by atoms with Crippen LogP contribution in [0.25, 0.3) is 0 Å². The topological polar surface area (TPSA) is 17.1 Å². The molecule has 0 atom stereocenters. The molecule has 0 spiro atoms. The Balaban J connectivity index is 3.08. The first-order chi connectivity index (χ1) is 6.88. The zero-order valence-electron chi connectivity index (χ0n) is 9.43. The van der Waals surface area contributed by atoms with Crippen LogP contribution in [0, 0.1) is 12.7 Å². The SMILES string of the molecule is CSC(C)(C)C(=O)c1ccc(C)c(F)c1. The minimum Gasteiger partial charge on any atom is -0.293 e. The van der Waals surface area contributed by atoms with Crippen molar-refractivity contribution in [1.82, 2.24) is 0 Å². The Morgan fingerprint density at radius 3 is 2.47 bits per heavy atom. The van der Waals surface area contributed by atoms with Crippen molar-refractivity contribution in [3.05, 3.63) is 35.1 Å². The highest BCUT2D eigenvalue weighted by atomic mass is 32.2. The molecule has 0 unspecified atom stereocenters. The number of hydrogen-bond donors (Lipinski definition) is 0. The fourth-order valence-corrected chi connectivity index (χ4v) is 1.48. The van der Waals surface area contributed by atoms with E-state index in [0.717, 1.165) is 0 Å². The van der Waals surface area contributed by atoms with Gasteiger partial charge in [0.25, 0.3) is 0 Å². The normalized spacial score (nSPS) is 11.5. The van der Waals surface area contributed by atoms with E-state index in [4.69, 9.17) is 0 Å². The number of halogens is 1. The summed E-state index contributed by atoms with van der Waals surface area (Å²) < 4.78 is 12.8. The maximum Gasteiger partial charge on any atom is 0.178 e. The Hall–Kier alpha value is -0.830. The van der Waals surface area contributed by atoms with Gasteiger partial charge in [0.2, 0.25) is 0 Å². The lowest BCUT2D eigenvalue weighted by atomic mass is 9.99. The summed E-state index contributed by atoms with van der Waals surface area (Å²) in [5.74, 6) is -0.355. The van der Waals surface area contributed by atoms with E-state index in [9.17, 15) is 9.18 Å². The number of Topliss-reactive ketones (excluding diaryl/α,β-unsaturated/α-hetero) is 1. The number of thioether (sulfide) groups is 1. The molecule has 0 aliphatic carbocycles. The lowest BCUT2D eigenvalue weighted by molar-refractivity contribution is 0.0958. The van der Waals surface area contributed by atoms with Crippen molar-refractivity contribution in [2.24, 2.45) is 0 Å². The second-order valence-corrected chi connectivity index (χ2v) is 5.44. The number of ketones is 1. The molecule has 0 aliphatic rings. The fraction of sp³-hybridized carbons (Fsp3) is 0.417. The van der Waals surface area contributed by atoms with Crippen LogP contribution < -0.4 is 0 Å². The summed E-state index contributed by atoms with van der Waals surface area (Å²) in [5.41, 5.74) is 1.01. The number of hydrogen-bond acceptors (Lipinski definition) is 2. The molecule has 82 valence electrons. The molecule has 1 aromatic rings. The molecule has 0 saturated heterocycles. The van der Waals surface area contributed by atoms with E-state index < -0.39 is 4.75 Å². The predicted octanol–water partition coefficient (Wildman–Crippen LogP) is 3.46. The van der Waals surface area contributed by atoms with E-state index in [1.807, 2.05) is 20.1 Å². The van der Waals surface area contributed by atoms with Gasteiger partial charge in [-0.1, -0.05) is 12.1 Å². The molecular weight excluding hydrogens is 211 g/mol. The maximum absolute atomic E-state index is 13.3. The van der Waals surface area contributed by atoms with Gasteiger partial charge in [-0.05, 0) is 38.7 Å². The summed E-state index contributed by atoms with van der Waals surface area (Å²) in [6, 6.07) is 4.63. The summed E-state index contributed by atoms with van der Waals surface area (Å²) in [6.45, 7) is 5.37. The Morgan fingerprint density at radius 2 is 2.00 bits per heavy atom. The first kappa shape index (κ1) is 12.2. The Labute approximate surface area is 94.1 Å². The number of carbonyl (C=O) groups is 1. The number of benzene rings is 1. The molecule has 0 bridgehead atoms. The van der Waals surface area contributed by atoms with Gasteiger partial charge in [0.05, 0.1) is 4.75 Å². The molecule has 0 aliphatic heterocycles. The minimum absolute atomic E-state index is 0.0334. The Bertz CT molecular complexity index is 385. The van der Waals surface area contributed by atoms with Gasteiger partial charge in [-0.2, -0.15) is 11.8 Å². The van der Waals surface area contributed by atoms with Gasteiger partial charge in [0.1, 0.15) is 5.82 Å². The van der Waals surface area contributed by atoms with Crippen LogP contribution in [0.1, 0.15) is 29.8 Å². The van der Waals surface area contributed by atoms with Gasteiger partial charge in [-0.15, -0.1) is 0 Å². The number of rotatable bonds is 3. The lowest BCUT2D eigenvalue weighted by Gasteiger charge is -2.20. The second kappa shape index (κ2) is 4.35. The van der Waals surface area contributed by atoms with Crippen LogP contribution in [-0.4, -0.2) is 16.8 Å². The van der Waals surface area contributed by atoms with Gasteiger partial charge in [0.15, 0.2) is 5.78 Å². The second-order valence-electron chi connectivity index (χ2n) is 4.01. The third-order valence-corrected chi connectivity index (χ3v) is 3.70. The third kappa shape index (κ3) is 2.59. The average molecular weight is 226 g/mol. The standard InChI is InChI=1S/C12H15FOS/c1-8-5-6-9(7-10(8)13)11(14)12(2,3)15-4/h5-7H,1-4H3. The van der Waals surface area contributed by atoms with Crippen LogP contribution in [-0.2, 0) is 0 Å². The van der Waals surface area contributed by atoms with Gasteiger partial charge < -0.3 is 0 Å². The Morgan fingerprint density at radius 1 is 1.40 bits per heavy atom. The molecule has 1 nitrogen and oxygen atoms in total. The maximum atomic E-state index is 13.3. The van der Waals surface area contributed by atoms with E-state index in [1.165, 1.54) is 17.8 Å². The minimum atomic E-state index is -0.498. The molecule has 1 aromatic carbocycles. The quantitative estimate of drug-likeness (QED) is 0.734. The molecule has 0 fully saturated rings. The smallest absolute Gasteiger partial charge is 0.178 e. The number of aryl methyl sites for hydroxylation is 1. The van der Waals surface area contributed by atoms with E-state index in [2.05, 4.69) is 0 Å². The highest BCUT2D eigenvalue weighted by Gasteiger charge is 2.27. The van der Waals surface area contributed by atoms with E-state index in [0.29, 0.717) is 11.1 Å². The van der Waals surface area contributed by atoms with Gasteiger partial charge in [-0.3, -0.25) is 4.79 Å². The molecule has 3 heteroatoms. The van der Waals surface area contributed by atoms with Crippen LogP contribution in [0.15, 0.2) is 18.2 Å². The molecule has 0 radical (unpaired) electrons. The largest absolute Gasteiger partial charge is 0.293 e. The summed E-state index contributed by atoms with van der Waals surface area (Å²) in [4.78, 5) is 12.0. The van der Waals surface area contributed by atoms with Gasteiger partial charge >= 0.3 is 0 Å². The van der Waals surface area contributed by atoms with Crippen molar-refractivity contribution in [2.45, 2.75) is 25.5 Å². The molecule has 0 amide bonds. The molecule has 0 aromatic heterocycles. The molecule has 15 heavy (non-hydrogen) atoms. The van der Waals surface area contributed by atoms with Crippen molar-refractivity contribution >= 4 is 17.5 Å². The van der Waals surface area contributed by atoms with Crippen molar-refractivity contribution in [3.8, 4) is 0 Å². The van der Waals surface area contributed by atoms with Gasteiger partial charge in [-0.25, -0.2) is 4.39 Å². The highest BCUT2D eigenvalue weighted by molar-refractivity contribution is 8.00.